The predicted octanol–water partition coefficient (Wildman–Crippen LogP) is 2.31. The van der Waals surface area contributed by atoms with Gasteiger partial charge in [-0.05, 0) is 32.7 Å². The normalized spacial score (nSPS) is 13.0. The summed E-state index contributed by atoms with van der Waals surface area (Å²) in [4.78, 5) is 0. The molecular formula is C13H25N3O. The third-order valence-electron chi connectivity index (χ3n) is 2.60. The van der Waals surface area contributed by atoms with Crippen LogP contribution >= 0.6 is 0 Å². The van der Waals surface area contributed by atoms with E-state index in [-0.39, 0.29) is 6.10 Å². The molecule has 1 heterocycles. The number of aromatic nitrogens is 2. The summed E-state index contributed by atoms with van der Waals surface area (Å²) in [6.07, 6.45) is 5.09. The van der Waals surface area contributed by atoms with Crippen LogP contribution in [0, 0.1) is 5.92 Å². The number of hydrogen-bond donors (Lipinski definition) is 1. The van der Waals surface area contributed by atoms with Crippen LogP contribution in [-0.2, 0) is 6.54 Å². The fourth-order valence-electron chi connectivity index (χ4n) is 1.55. The molecule has 0 saturated carbocycles. The van der Waals surface area contributed by atoms with E-state index in [0.717, 1.165) is 31.3 Å². The second kappa shape index (κ2) is 7.33. The summed E-state index contributed by atoms with van der Waals surface area (Å²) >= 11 is 0. The van der Waals surface area contributed by atoms with E-state index >= 15 is 0 Å². The molecule has 1 N–H and O–H groups in total. The van der Waals surface area contributed by atoms with Crippen molar-refractivity contribution in [2.75, 3.05) is 13.1 Å². The molecule has 1 aromatic rings. The van der Waals surface area contributed by atoms with E-state index in [9.17, 15) is 0 Å². The zero-order chi connectivity index (χ0) is 12.7. The molecule has 4 nitrogen and oxygen atoms in total. The fraction of sp³-hybridized carbons (Fsp3) is 0.769. The summed E-state index contributed by atoms with van der Waals surface area (Å²) in [5.74, 6) is 1.60. The molecule has 1 aromatic heterocycles. The fourth-order valence-corrected chi connectivity index (χ4v) is 1.55. The number of nitrogens with one attached hydrogen (secondary N) is 1. The maximum Gasteiger partial charge on any atom is 0.157 e. The predicted molar refractivity (Wildman–Crippen MR) is 70.3 cm³/mol. The molecule has 4 heteroatoms. The van der Waals surface area contributed by atoms with Crippen molar-refractivity contribution in [2.24, 2.45) is 5.92 Å². The quantitative estimate of drug-likeness (QED) is 0.708. The summed E-state index contributed by atoms with van der Waals surface area (Å²) in [7, 11) is 0. The Bertz CT molecular complexity index is 309. The molecule has 0 aliphatic rings. The third-order valence-corrected chi connectivity index (χ3v) is 2.60. The molecule has 17 heavy (non-hydrogen) atoms. The molecule has 0 saturated heterocycles. The maximum absolute atomic E-state index is 5.76. The Morgan fingerprint density at radius 3 is 2.76 bits per heavy atom. The van der Waals surface area contributed by atoms with Gasteiger partial charge in [-0.25, -0.2) is 0 Å². The standard InChI is InChI=1S/C13H25N3O/c1-5-16-10-13(9-15-16)17-12(4)8-14-7-6-11(2)3/h9-12,14H,5-8H2,1-4H3. The summed E-state index contributed by atoms with van der Waals surface area (Å²) in [6.45, 7) is 11.4. The highest BCUT2D eigenvalue weighted by atomic mass is 16.5. The monoisotopic (exact) mass is 239 g/mol. The van der Waals surface area contributed by atoms with Crippen LogP contribution in [0.4, 0.5) is 0 Å². The lowest BCUT2D eigenvalue weighted by Crippen LogP contribution is -2.30. The minimum absolute atomic E-state index is 0.177. The minimum Gasteiger partial charge on any atom is -0.486 e. The molecule has 0 aliphatic carbocycles. The molecule has 98 valence electrons. The molecule has 0 spiro atoms. The van der Waals surface area contributed by atoms with E-state index in [1.807, 2.05) is 10.9 Å². The first-order valence-corrected chi connectivity index (χ1v) is 6.51. The number of nitrogens with zero attached hydrogens (tertiary/aromatic N) is 2. The lowest BCUT2D eigenvalue weighted by Gasteiger charge is -2.14. The highest BCUT2D eigenvalue weighted by Gasteiger charge is 2.05. The average Bonchev–Trinajstić information content (AvgIpc) is 2.72. The zero-order valence-corrected chi connectivity index (χ0v) is 11.4. The molecule has 1 atom stereocenters. The number of ether oxygens (including phenoxy) is 1. The van der Waals surface area contributed by atoms with Gasteiger partial charge in [-0.2, -0.15) is 5.10 Å². The summed E-state index contributed by atoms with van der Waals surface area (Å²) in [5, 5.41) is 7.58. The Kier molecular flexibility index (Phi) is 6.05. The van der Waals surface area contributed by atoms with Gasteiger partial charge in [0.15, 0.2) is 5.75 Å². The van der Waals surface area contributed by atoms with E-state index in [0.29, 0.717) is 0 Å². The molecule has 0 amide bonds. The van der Waals surface area contributed by atoms with E-state index < -0.39 is 0 Å². The summed E-state index contributed by atoms with van der Waals surface area (Å²) in [5.41, 5.74) is 0. The van der Waals surface area contributed by atoms with Crippen molar-refractivity contribution >= 4 is 0 Å². The van der Waals surface area contributed by atoms with Gasteiger partial charge in [0.2, 0.25) is 0 Å². The van der Waals surface area contributed by atoms with Crippen LogP contribution in [0.1, 0.15) is 34.1 Å². The van der Waals surface area contributed by atoms with Gasteiger partial charge in [-0.15, -0.1) is 0 Å². The molecule has 1 unspecified atom stereocenters. The number of hydrogen-bond acceptors (Lipinski definition) is 3. The smallest absolute Gasteiger partial charge is 0.157 e. The lowest BCUT2D eigenvalue weighted by atomic mass is 10.1. The summed E-state index contributed by atoms with van der Waals surface area (Å²) < 4.78 is 7.63. The number of rotatable bonds is 8. The van der Waals surface area contributed by atoms with E-state index in [2.05, 4.69) is 38.1 Å². The Hall–Kier alpha value is -1.03. The van der Waals surface area contributed by atoms with Gasteiger partial charge in [-0.3, -0.25) is 4.68 Å². The maximum atomic E-state index is 5.76. The number of aryl methyl sites for hydroxylation is 1. The van der Waals surface area contributed by atoms with Gasteiger partial charge in [0.25, 0.3) is 0 Å². The van der Waals surface area contributed by atoms with Gasteiger partial charge in [0, 0.05) is 13.1 Å². The Labute approximate surface area is 104 Å². The third kappa shape index (κ3) is 5.73. The molecule has 0 radical (unpaired) electrons. The largest absolute Gasteiger partial charge is 0.486 e. The Morgan fingerprint density at radius 1 is 1.41 bits per heavy atom. The van der Waals surface area contributed by atoms with Crippen molar-refractivity contribution in [3.8, 4) is 5.75 Å². The first kappa shape index (κ1) is 14.0. The molecule has 0 aromatic carbocycles. The van der Waals surface area contributed by atoms with Gasteiger partial charge in [0.1, 0.15) is 6.10 Å². The minimum atomic E-state index is 0.177. The second-order valence-corrected chi connectivity index (χ2v) is 4.85. The second-order valence-electron chi connectivity index (χ2n) is 4.85. The Balaban J connectivity index is 2.18. The van der Waals surface area contributed by atoms with Gasteiger partial charge in [0.05, 0.1) is 12.4 Å². The van der Waals surface area contributed by atoms with Crippen molar-refractivity contribution in [3.63, 3.8) is 0 Å². The topological polar surface area (TPSA) is 39.1 Å². The SMILES string of the molecule is CCn1cc(OC(C)CNCCC(C)C)cn1. The van der Waals surface area contributed by atoms with E-state index in [1.54, 1.807) is 6.20 Å². The van der Waals surface area contributed by atoms with Gasteiger partial charge in [-0.1, -0.05) is 13.8 Å². The van der Waals surface area contributed by atoms with Crippen LogP contribution in [0.25, 0.3) is 0 Å². The highest BCUT2D eigenvalue weighted by Crippen LogP contribution is 2.10. The van der Waals surface area contributed by atoms with E-state index in [1.165, 1.54) is 6.42 Å². The lowest BCUT2D eigenvalue weighted by molar-refractivity contribution is 0.216. The highest BCUT2D eigenvalue weighted by molar-refractivity contribution is 5.12. The van der Waals surface area contributed by atoms with Crippen LogP contribution < -0.4 is 10.1 Å². The van der Waals surface area contributed by atoms with Crippen molar-refractivity contribution < 1.29 is 4.74 Å². The molecule has 1 rings (SSSR count). The molecular weight excluding hydrogens is 214 g/mol. The van der Waals surface area contributed by atoms with Crippen LogP contribution in [0.3, 0.4) is 0 Å². The van der Waals surface area contributed by atoms with Crippen LogP contribution in [0.15, 0.2) is 12.4 Å². The van der Waals surface area contributed by atoms with Crippen molar-refractivity contribution in [3.05, 3.63) is 12.4 Å². The van der Waals surface area contributed by atoms with Crippen molar-refractivity contribution in [1.29, 1.82) is 0 Å². The molecule has 0 aliphatic heterocycles. The van der Waals surface area contributed by atoms with Crippen LogP contribution in [0.5, 0.6) is 5.75 Å². The Morgan fingerprint density at radius 2 is 2.18 bits per heavy atom. The van der Waals surface area contributed by atoms with E-state index in [4.69, 9.17) is 4.74 Å². The first-order valence-electron chi connectivity index (χ1n) is 6.51. The van der Waals surface area contributed by atoms with Crippen LogP contribution in [-0.4, -0.2) is 29.0 Å². The van der Waals surface area contributed by atoms with Crippen molar-refractivity contribution in [1.82, 2.24) is 15.1 Å². The van der Waals surface area contributed by atoms with Crippen LogP contribution in [0.2, 0.25) is 0 Å². The van der Waals surface area contributed by atoms with Gasteiger partial charge < -0.3 is 10.1 Å². The summed E-state index contributed by atoms with van der Waals surface area (Å²) in [6, 6.07) is 0. The van der Waals surface area contributed by atoms with Gasteiger partial charge >= 0.3 is 0 Å². The average molecular weight is 239 g/mol. The molecule has 0 bridgehead atoms. The molecule has 0 fully saturated rings. The first-order chi connectivity index (χ1) is 8.11. The van der Waals surface area contributed by atoms with Crippen molar-refractivity contribution in [2.45, 2.75) is 46.8 Å². The zero-order valence-electron chi connectivity index (χ0n) is 11.4.